The van der Waals surface area contributed by atoms with Crippen LogP contribution in [0.15, 0.2) is 0 Å². The Morgan fingerprint density at radius 1 is 1.27 bits per heavy atom. The van der Waals surface area contributed by atoms with Crippen molar-refractivity contribution in [1.82, 2.24) is 0 Å². The molecule has 2 nitrogen and oxygen atoms in total. The monoisotopic (exact) mass is 250 g/mol. The smallest absolute Gasteiger partial charge is 0.292 e. The summed E-state index contributed by atoms with van der Waals surface area (Å²) in [7, 11) is -1.91. The van der Waals surface area contributed by atoms with Crippen LogP contribution in [0.5, 0.6) is 0 Å². The van der Waals surface area contributed by atoms with Crippen LogP contribution in [0.4, 0.5) is 0 Å². The van der Waals surface area contributed by atoms with Gasteiger partial charge in [-0.25, -0.2) is 0 Å². The second-order valence-corrected chi connectivity index (χ2v) is 10.0. The van der Waals surface area contributed by atoms with Crippen LogP contribution in [0.2, 0.25) is 17.6 Å². The van der Waals surface area contributed by atoms with Crippen LogP contribution < -0.4 is 0 Å². The summed E-state index contributed by atoms with van der Waals surface area (Å²) in [5.41, 5.74) is 0.912. The molecular weight excluding hydrogens is 228 g/mol. The molecule has 15 heavy (non-hydrogen) atoms. The third kappa shape index (κ3) is 4.56. The molecular formula is C11H23ClO2Si. The molecule has 0 aliphatic rings. The number of halogens is 1. The standard InChI is InChI=1S/C11H23ClO2Si/c1-9(2)15(5,10(3)4)14-11(13)7-6-8-12/h9-10H,6-8H2,1-5H3. The molecule has 0 atom stereocenters. The maximum Gasteiger partial charge on any atom is 0.292 e. The van der Waals surface area contributed by atoms with Crippen molar-refractivity contribution in [3.8, 4) is 0 Å². The number of hydrogen-bond acceptors (Lipinski definition) is 2. The number of rotatable bonds is 6. The lowest BCUT2D eigenvalue weighted by molar-refractivity contribution is -0.135. The first-order valence-electron chi connectivity index (χ1n) is 5.62. The van der Waals surface area contributed by atoms with Crippen molar-refractivity contribution in [3.63, 3.8) is 0 Å². The molecule has 0 spiro atoms. The van der Waals surface area contributed by atoms with E-state index in [9.17, 15) is 4.79 Å². The molecule has 0 heterocycles. The van der Waals surface area contributed by atoms with Crippen LogP contribution in [-0.2, 0) is 9.22 Å². The predicted octanol–water partition coefficient (Wildman–Crippen LogP) is 3.94. The van der Waals surface area contributed by atoms with Crippen LogP contribution >= 0.6 is 11.6 Å². The zero-order chi connectivity index (χ0) is 12.1. The fourth-order valence-electron chi connectivity index (χ4n) is 1.41. The van der Waals surface area contributed by atoms with E-state index in [2.05, 4.69) is 34.2 Å². The SMILES string of the molecule is CC(C)[Si](C)(OC(=O)CCCCl)C(C)C. The molecule has 0 aromatic rings. The maximum atomic E-state index is 11.6. The quantitative estimate of drug-likeness (QED) is 0.527. The molecule has 0 bridgehead atoms. The minimum absolute atomic E-state index is 0.0767. The largest absolute Gasteiger partial charge is 0.519 e. The predicted molar refractivity (Wildman–Crippen MR) is 67.9 cm³/mol. The van der Waals surface area contributed by atoms with Crippen molar-refractivity contribution in [2.75, 3.05) is 5.88 Å². The topological polar surface area (TPSA) is 26.3 Å². The van der Waals surface area contributed by atoms with Gasteiger partial charge in [0.2, 0.25) is 0 Å². The van der Waals surface area contributed by atoms with Crippen molar-refractivity contribution in [2.45, 2.75) is 58.2 Å². The van der Waals surface area contributed by atoms with Gasteiger partial charge in [-0.2, -0.15) is 0 Å². The Hall–Kier alpha value is -0.0231. The van der Waals surface area contributed by atoms with Gasteiger partial charge in [-0.05, 0) is 24.1 Å². The summed E-state index contributed by atoms with van der Waals surface area (Å²) in [6.07, 6.45) is 1.16. The fourth-order valence-corrected chi connectivity index (χ4v) is 3.94. The summed E-state index contributed by atoms with van der Waals surface area (Å²) in [6.45, 7) is 10.7. The zero-order valence-electron chi connectivity index (χ0n) is 10.5. The molecule has 0 radical (unpaired) electrons. The summed E-state index contributed by atoms with van der Waals surface area (Å²) in [6, 6.07) is 0. The molecule has 0 aliphatic heterocycles. The zero-order valence-corrected chi connectivity index (χ0v) is 12.2. The van der Waals surface area contributed by atoms with Gasteiger partial charge in [0, 0.05) is 12.3 Å². The average Bonchev–Trinajstić information content (AvgIpc) is 2.13. The number of alkyl halides is 1. The van der Waals surface area contributed by atoms with Crippen LogP contribution in [0, 0.1) is 0 Å². The molecule has 0 saturated carbocycles. The normalized spacial score (nSPS) is 12.3. The van der Waals surface area contributed by atoms with Gasteiger partial charge in [0.25, 0.3) is 14.3 Å². The highest BCUT2D eigenvalue weighted by Gasteiger charge is 2.39. The van der Waals surface area contributed by atoms with Gasteiger partial charge >= 0.3 is 0 Å². The average molecular weight is 251 g/mol. The van der Waals surface area contributed by atoms with Gasteiger partial charge < -0.3 is 4.43 Å². The third-order valence-corrected chi connectivity index (χ3v) is 8.66. The molecule has 0 saturated heterocycles. The molecule has 0 fully saturated rings. The Bertz CT molecular complexity index is 197. The number of hydrogen-bond donors (Lipinski definition) is 0. The van der Waals surface area contributed by atoms with E-state index < -0.39 is 8.32 Å². The molecule has 0 aromatic heterocycles. The molecule has 0 N–H and O–H groups in total. The Morgan fingerprint density at radius 3 is 2.07 bits per heavy atom. The molecule has 0 amide bonds. The Balaban J connectivity index is 4.36. The van der Waals surface area contributed by atoms with Crippen LogP contribution in [0.3, 0.4) is 0 Å². The summed E-state index contributed by atoms with van der Waals surface area (Å²) >= 11 is 5.55. The highest BCUT2D eigenvalue weighted by atomic mass is 35.5. The molecule has 0 aliphatic carbocycles. The van der Waals surface area contributed by atoms with Gasteiger partial charge in [0.15, 0.2) is 0 Å². The molecule has 0 rings (SSSR count). The fraction of sp³-hybridized carbons (Fsp3) is 0.909. The maximum absolute atomic E-state index is 11.6. The lowest BCUT2D eigenvalue weighted by Crippen LogP contribution is -2.43. The lowest BCUT2D eigenvalue weighted by atomic mass is 10.3. The summed E-state index contributed by atoms with van der Waals surface area (Å²) in [4.78, 5) is 11.6. The van der Waals surface area contributed by atoms with E-state index in [4.69, 9.17) is 16.0 Å². The Kier molecular flexibility index (Phi) is 6.53. The van der Waals surface area contributed by atoms with E-state index in [1.165, 1.54) is 0 Å². The number of carbonyl (C=O) groups is 1. The van der Waals surface area contributed by atoms with Gasteiger partial charge in [0.1, 0.15) is 0 Å². The third-order valence-electron chi connectivity index (χ3n) is 3.14. The van der Waals surface area contributed by atoms with E-state index in [0.717, 1.165) is 0 Å². The first-order valence-corrected chi connectivity index (χ1v) is 8.72. The molecule has 4 heteroatoms. The van der Waals surface area contributed by atoms with E-state index >= 15 is 0 Å². The first kappa shape index (κ1) is 15.0. The summed E-state index contributed by atoms with van der Waals surface area (Å²) < 4.78 is 5.70. The van der Waals surface area contributed by atoms with Crippen molar-refractivity contribution in [1.29, 1.82) is 0 Å². The van der Waals surface area contributed by atoms with Gasteiger partial charge in [-0.1, -0.05) is 27.7 Å². The van der Waals surface area contributed by atoms with Crippen LogP contribution in [0.25, 0.3) is 0 Å². The van der Waals surface area contributed by atoms with Crippen molar-refractivity contribution >= 4 is 25.9 Å². The first-order chi connectivity index (χ1) is 6.84. The van der Waals surface area contributed by atoms with Gasteiger partial charge in [0.05, 0.1) is 0 Å². The van der Waals surface area contributed by atoms with Crippen molar-refractivity contribution in [3.05, 3.63) is 0 Å². The van der Waals surface area contributed by atoms with E-state index in [1.54, 1.807) is 0 Å². The minimum atomic E-state index is -1.91. The molecule has 0 aromatic carbocycles. The van der Waals surface area contributed by atoms with E-state index in [0.29, 0.717) is 29.8 Å². The van der Waals surface area contributed by atoms with Crippen molar-refractivity contribution in [2.24, 2.45) is 0 Å². The van der Waals surface area contributed by atoms with Crippen molar-refractivity contribution < 1.29 is 9.22 Å². The van der Waals surface area contributed by atoms with E-state index in [1.807, 2.05) is 0 Å². The highest BCUT2D eigenvalue weighted by Crippen LogP contribution is 2.33. The Morgan fingerprint density at radius 2 is 1.73 bits per heavy atom. The minimum Gasteiger partial charge on any atom is -0.519 e. The number of carbonyl (C=O) groups excluding carboxylic acids is 1. The second kappa shape index (κ2) is 6.54. The van der Waals surface area contributed by atoms with Gasteiger partial charge in [-0.15, -0.1) is 11.6 Å². The Labute approximate surface area is 99.5 Å². The molecule has 90 valence electrons. The summed E-state index contributed by atoms with van der Waals surface area (Å²) in [5, 5.41) is 0. The van der Waals surface area contributed by atoms with Crippen LogP contribution in [0.1, 0.15) is 40.5 Å². The molecule has 0 unspecified atom stereocenters. The second-order valence-electron chi connectivity index (χ2n) is 4.76. The lowest BCUT2D eigenvalue weighted by Gasteiger charge is -2.34. The van der Waals surface area contributed by atoms with Gasteiger partial charge in [-0.3, -0.25) is 4.79 Å². The van der Waals surface area contributed by atoms with E-state index in [-0.39, 0.29) is 5.97 Å². The van der Waals surface area contributed by atoms with Crippen LogP contribution in [-0.4, -0.2) is 20.2 Å². The summed E-state index contributed by atoms with van der Waals surface area (Å²) in [5.74, 6) is 0.448. The highest BCUT2D eigenvalue weighted by molar-refractivity contribution is 6.76.